The van der Waals surface area contributed by atoms with Crippen LogP contribution >= 0.6 is 11.6 Å². The van der Waals surface area contributed by atoms with Gasteiger partial charge < -0.3 is 9.84 Å². The monoisotopic (exact) mass is 468 g/mol. The van der Waals surface area contributed by atoms with Crippen LogP contribution in [0.2, 0.25) is 5.02 Å². The van der Waals surface area contributed by atoms with Crippen LogP contribution in [0.1, 0.15) is 52.1 Å². The van der Waals surface area contributed by atoms with E-state index < -0.39 is 17.5 Å². The molecule has 0 radical (unpaired) electrons. The summed E-state index contributed by atoms with van der Waals surface area (Å²) in [5.74, 6) is -1.41. The number of esters is 1. The number of aromatic nitrogens is 2. The molecule has 174 valence electrons. The van der Waals surface area contributed by atoms with E-state index in [0.29, 0.717) is 28.6 Å². The molecule has 0 spiro atoms. The maximum atomic E-state index is 12.5. The summed E-state index contributed by atoms with van der Waals surface area (Å²) in [6, 6.07) is 7.50. The van der Waals surface area contributed by atoms with Crippen molar-refractivity contribution in [1.29, 1.82) is 0 Å². The molecule has 33 heavy (non-hydrogen) atoms. The molecule has 1 saturated carbocycles. The number of nitrogens with zero attached hydrogens (tertiary/aromatic N) is 2. The zero-order valence-corrected chi connectivity index (χ0v) is 19.9. The summed E-state index contributed by atoms with van der Waals surface area (Å²) >= 11 is 6.08. The fourth-order valence-corrected chi connectivity index (χ4v) is 4.68. The Morgan fingerprint density at radius 3 is 2.52 bits per heavy atom. The third kappa shape index (κ3) is 5.61. The van der Waals surface area contributed by atoms with Gasteiger partial charge in [0.05, 0.1) is 33.9 Å². The minimum absolute atomic E-state index is 0.102. The second-order valence-corrected chi connectivity index (χ2v) is 10.4. The lowest BCUT2D eigenvalue weighted by molar-refractivity contribution is -0.159. The van der Waals surface area contributed by atoms with Gasteiger partial charge in [-0.05, 0) is 77.0 Å². The first-order valence-electron chi connectivity index (χ1n) is 11.4. The molecular formula is C26H29ClN2O4. The van der Waals surface area contributed by atoms with E-state index in [-0.39, 0.29) is 17.8 Å². The van der Waals surface area contributed by atoms with Gasteiger partial charge in [-0.15, -0.1) is 0 Å². The van der Waals surface area contributed by atoms with E-state index in [0.717, 1.165) is 36.2 Å². The zero-order valence-electron chi connectivity index (χ0n) is 19.2. The molecule has 1 N–H and O–H groups in total. The molecule has 3 atom stereocenters. The third-order valence-corrected chi connectivity index (χ3v) is 6.40. The summed E-state index contributed by atoms with van der Waals surface area (Å²) in [5, 5.41) is 11.4. The fourth-order valence-electron chi connectivity index (χ4n) is 4.55. The van der Waals surface area contributed by atoms with Crippen molar-refractivity contribution in [2.75, 3.05) is 0 Å². The van der Waals surface area contributed by atoms with Gasteiger partial charge in [0.1, 0.15) is 5.60 Å². The largest absolute Gasteiger partial charge is 0.481 e. The van der Waals surface area contributed by atoms with E-state index in [1.807, 2.05) is 51.1 Å². The summed E-state index contributed by atoms with van der Waals surface area (Å²) < 4.78 is 5.59. The van der Waals surface area contributed by atoms with Crippen molar-refractivity contribution < 1.29 is 19.4 Å². The number of carboxylic acid groups (broad SMARTS) is 1. The molecule has 0 amide bonds. The van der Waals surface area contributed by atoms with Gasteiger partial charge in [-0.25, -0.2) is 9.97 Å². The van der Waals surface area contributed by atoms with E-state index >= 15 is 0 Å². The summed E-state index contributed by atoms with van der Waals surface area (Å²) in [4.78, 5) is 33.8. The first-order chi connectivity index (χ1) is 15.6. The molecule has 1 fully saturated rings. The van der Waals surface area contributed by atoms with E-state index in [1.165, 1.54) is 0 Å². The molecule has 1 aromatic heterocycles. The molecular weight excluding hydrogens is 440 g/mol. The highest BCUT2D eigenvalue weighted by Gasteiger charge is 2.34. The topological polar surface area (TPSA) is 89.4 Å². The Labute approximate surface area is 198 Å². The highest BCUT2D eigenvalue weighted by atomic mass is 35.5. The number of carboxylic acids is 1. The quantitative estimate of drug-likeness (QED) is 0.672. The lowest BCUT2D eigenvalue weighted by Gasteiger charge is -2.22. The highest BCUT2D eigenvalue weighted by molar-refractivity contribution is 6.30. The first-order valence-corrected chi connectivity index (χ1v) is 11.8. The van der Waals surface area contributed by atoms with E-state index in [2.05, 4.69) is 0 Å². The average Bonchev–Trinajstić information content (AvgIpc) is 3.21. The Balaban J connectivity index is 1.65. The standard InChI is InChI=1S/C26H29ClN2O4/c1-26(2,3)33-25(32)18-5-4-15(12-18)13-22-23(16-6-9-19(27)10-7-16)29-20-11-8-17(24(30)31)14-21(20)28-22/h6-7,9-11,14-15,17-18H,4-5,8,12-13H2,1-3H3,(H,30,31). The van der Waals surface area contributed by atoms with Crippen LogP contribution in [0.4, 0.5) is 0 Å². The van der Waals surface area contributed by atoms with E-state index in [9.17, 15) is 14.7 Å². The number of rotatable bonds is 5. The summed E-state index contributed by atoms with van der Waals surface area (Å²) in [6.07, 6.45) is 7.07. The molecule has 0 bridgehead atoms. The van der Waals surface area contributed by atoms with Crippen LogP contribution in [-0.4, -0.2) is 32.6 Å². The molecule has 2 aliphatic rings. The number of hydrogen-bond donors (Lipinski definition) is 1. The maximum Gasteiger partial charge on any atom is 0.310 e. The molecule has 2 aromatic rings. The van der Waals surface area contributed by atoms with Gasteiger partial charge in [-0.3, -0.25) is 9.59 Å². The van der Waals surface area contributed by atoms with Crippen molar-refractivity contribution in [1.82, 2.24) is 9.97 Å². The molecule has 0 aliphatic heterocycles. The molecule has 1 heterocycles. The smallest absolute Gasteiger partial charge is 0.310 e. The molecule has 3 unspecified atom stereocenters. The Morgan fingerprint density at radius 2 is 1.85 bits per heavy atom. The zero-order chi connectivity index (χ0) is 23.8. The molecule has 0 saturated heterocycles. The number of halogens is 1. The van der Waals surface area contributed by atoms with Crippen LogP contribution in [0.25, 0.3) is 23.4 Å². The lowest BCUT2D eigenvalue weighted by Crippen LogP contribution is -2.38. The van der Waals surface area contributed by atoms with Gasteiger partial charge in [0.2, 0.25) is 0 Å². The van der Waals surface area contributed by atoms with Crippen LogP contribution in [0, 0.1) is 17.8 Å². The second-order valence-electron chi connectivity index (χ2n) is 9.96. The van der Waals surface area contributed by atoms with Gasteiger partial charge >= 0.3 is 11.9 Å². The number of carbonyl (C=O) groups excluding carboxylic acids is 1. The highest BCUT2D eigenvalue weighted by Crippen LogP contribution is 2.35. The van der Waals surface area contributed by atoms with Crippen LogP contribution in [0.5, 0.6) is 0 Å². The molecule has 7 heteroatoms. The minimum atomic E-state index is -0.863. The number of benzene rings is 1. The van der Waals surface area contributed by atoms with Gasteiger partial charge in [0.25, 0.3) is 0 Å². The van der Waals surface area contributed by atoms with E-state index in [1.54, 1.807) is 6.08 Å². The maximum absolute atomic E-state index is 12.5. The van der Waals surface area contributed by atoms with Crippen LogP contribution in [0.15, 0.2) is 24.3 Å². The third-order valence-electron chi connectivity index (χ3n) is 6.15. The summed E-state index contributed by atoms with van der Waals surface area (Å²) in [7, 11) is 0. The van der Waals surface area contributed by atoms with Crippen LogP contribution in [0.3, 0.4) is 0 Å². The van der Waals surface area contributed by atoms with Gasteiger partial charge in [0, 0.05) is 10.6 Å². The van der Waals surface area contributed by atoms with Gasteiger partial charge in [-0.2, -0.15) is 0 Å². The number of hydrogen-bond acceptors (Lipinski definition) is 5. The SMILES string of the molecule is CC(C)(C)OC(=O)C1CCC(Cc2nc3c(nc2-c2ccc(Cl)cc2)=CCC(C(=O)O)C=3)C1. The Bertz CT molecular complexity index is 1180. The number of carbonyl (C=O) groups is 2. The molecule has 1 aromatic carbocycles. The Morgan fingerprint density at radius 1 is 1.12 bits per heavy atom. The van der Waals surface area contributed by atoms with Crippen LogP contribution in [-0.2, 0) is 20.7 Å². The van der Waals surface area contributed by atoms with Gasteiger partial charge in [0.15, 0.2) is 0 Å². The van der Waals surface area contributed by atoms with Crippen LogP contribution < -0.4 is 10.7 Å². The molecule has 2 aliphatic carbocycles. The number of fused-ring (bicyclic) bond motifs is 1. The molecule has 6 nitrogen and oxygen atoms in total. The normalized spacial score (nSPS) is 22.1. The average molecular weight is 469 g/mol. The van der Waals surface area contributed by atoms with Crippen molar-refractivity contribution in [3.8, 4) is 11.3 Å². The Hall–Kier alpha value is -2.73. The van der Waals surface area contributed by atoms with Crippen molar-refractivity contribution in [2.45, 2.75) is 58.5 Å². The number of ether oxygens (including phenoxy) is 1. The molecule has 4 rings (SSSR count). The summed E-state index contributed by atoms with van der Waals surface area (Å²) in [6.45, 7) is 5.66. The van der Waals surface area contributed by atoms with Crippen molar-refractivity contribution in [3.05, 3.63) is 45.7 Å². The fraction of sp³-hybridized carbons (Fsp3) is 0.462. The lowest BCUT2D eigenvalue weighted by atomic mass is 9.96. The van der Waals surface area contributed by atoms with E-state index in [4.69, 9.17) is 26.3 Å². The minimum Gasteiger partial charge on any atom is -0.481 e. The number of aliphatic carboxylic acids is 1. The van der Waals surface area contributed by atoms with Crippen molar-refractivity contribution in [3.63, 3.8) is 0 Å². The predicted molar refractivity (Wildman–Crippen MR) is 127 cm³/mol. The summed E-state index contributed by atoms with van der Waals surface area (Å²) in [5.41, 5.74) is 2.03. The van der Waals surface area contributed by atoms with Crippen molar-refractivity contribution in [2.24, 2.45) is 17.8 Å². The van der Waals surface area contributed by atoms with Crippen molar-refractivity contribution >= 4 is 35.7 Å². The van der Waals surface area contributed by atoms with Gasteiger partial charge in [-0.1, -0.05) is 29.8 Å². The predicted octanol–water partition coefficient (Wildman–Crippen LogP) is 3.76. The second kappa shape index (κ2) is 9.26. The first kappa shape index (κ1) is 23.4. The Kier molecular flexibility index (Phi) is 6.57.